The summed E-state index contributed by atoms with van der Waals surface area (Å²) in [6, 6.07) is 19.0. The van der Waals surface area contributed by atoms with E-state index in [9.17, 15) is 4.79 Å². The summed E-state index contributed by atoms with van der Waals surface area (Å²) in [4.78, 5) is 20.9. The number of thioether (sulfide) groups is 1. The van der Waals surface area contributed by atoms with Crippen molar-refractivity contribution in [3.63, 3.8) is 0 Å². The van der Waals surface area contributed by atoms with Gasteiger partial charge in [-0.2, -0.15) is 15.1 Å². The number of ether oxygens (including phenoxy) is 2. The molecule has 9 heteroatoms. The molecule has 0 aliphatic carbocycles. The van der Waals surface area contributed by atoms with Crippen molar-refractivity contribution in [2.75, 3.05) is 13.2 Å². The molecule has 2 aliphatic heterocycles. The summed E-state index contributed by atoms with van der Waals surface area (Å²) in [5.41, 5.74) is 2.91. The Morgan fingerprint density at radius 3 is 2.58 bits per heavy atom. The van der Waals surface area contributed by atoms with Crippen LogP contribution in [0.3, 0.4) is 0 Å². The lowest BCUT2D eigenvalue weighted by Gasteiger charge is -2.20. The zero-order chi connectivity index (χ0) is 24.9. The van der Waals surface area contributed by atoms with Crippen LogP contribution >= 0.6 is 11.8 Å². The maximum absolute atomic E-state index is 12.6. The van der Waals surface area contributed by atoms with E-state index in [4.69, 9.17) is 14.9 Å². The normalized spacial score (nSPS) is 16.0. The van der Waals surface area contributed by atoms with Gasteiger partial charge in [-0.3, -0.25) is 15.2 Å². The third kappa shape index (κ3) is 5.36. The largest absolute Gasteiger partial charge is 0.493 e. The summed E-state index contributed by atoms with van der Waals surface area (Å²) < 4.78 is 11.5. The number of amidine groups is 2. The summed E-state index contributed by atoms with van der Waals surface area (Å²) in [5, 5.41) is 15.4. The lowest BCUT2D eigenvalue weighted by atomic mass is 10.1. The molecule has 3 heterocycles. The van der Waals surface area contributed by atoms with Crippen LogP contribution in [0.4, 0.5) is 0 Å². The Morgan fingerprint density at radius 2 is 1.83 bits per heavy atom. The molecule has 0 radical (unpaired) electrons. The number of nitrogens with zero attached hydrogens (tertiary/aromatic N) is 4. The fraction of sp³-hybridized carbons (Fsp3) is 0.148. The van der Waals surface area contributed by atoms with Gasteiger partial charge in [-0.1, -0.05) is 24.3 Å². The van der Waals surface area contributed by atoms with Crippen LogP contribution in [0.25, 0.3) is 6.08 Å². The number of aliphatic imine (C=N–C) groups is 1. The summed E-state index contributed by atoms with van der Waals surface area (Å²) >= 11 is 1.25. The van der Waals surface area contributed by atoms with Crippen molar-refractivity contribution in [1.82, 2.24) is 9.99 Å². The molecule has 180 valence electrons. The fourth-order valence-corrected chi connectivity index (χ4v) is 4.45. The van der Waals surface area contributed by atoms with Gasteiger partial charge in [0.15, 0.2) is 5.84 Å². The van der Waals surface area contributed by atoms with E-state index in [0.717, 1.165) is 34.6 Å². The molecular formula is C27H23N5O3S. The zero-order valence-corrected chi connectivity index (χ0v) is 20.4. The van der Waals surface area contributed by atoms with E-state index in [0.29, 0.717) is 23.4 Å². The van der Waals surface area contributed by atoms with Crippen molar-refractivity contribution >= 4 is 39.8 Å². The first-order valence-electron chi connectivity index (χ1n) is 11.4. The minimum atomic E-state index is -0.463. The van der Waals surface area contributed by atoms with Gasteiger partial charge in [0.1, 0.15) is 16.5 Å². The summed E-state index contributed by atoms with van der Waals surface area (Å²) in [6.07, 6.45) is 5.76. The van der Waals surface area contributed by atoms with Crippen molar-refractivity contribution in [3.8, 4) is 11.5 Å². The van der Waals surface area contributed by atoms with Gasteiger partial charge in [0.05, 0.1) is 18.8 Å². The second-order valence-electron chi connectivity index (χ2n) is 8.10. The molecule has 8 nitrogen and oxygen atoms in total. The minimum absolute atomic E-state index is 0.00896. The Labute approximate surface area is 212 Å². The molecule has 0 bridgehead atoms. The number of nitrogens with one attached hydrogen (secondary N) is 1. The molecule has 0 unspecified atom stereocenters. The van der Waals surface area contributed by atoms with Crippen LogP contribution in [-0.4, -0.2) is 45.2 Å². The number of rotatable bonds is 8. The summed E-state index contributed by atoms with van der Waals surface area (Å²) in [6.45, 7) is 3.13. The number of aromatic nitrogens is 1. The Morgan fingerprint density at radius 1 is 1.03 bits per heavy atom. The predicted molar refractivity (Wildman–Crippen MR) is 142 cm³/mol. The van der Waals surface area contributed by atoms with Crippen molar-refractivity contribution in [2.45, 2.75) is 13.3 Å². The van der Waals surface area contributed by atoms with Gasteiger partial charge >= 0.3 is 0 Å². The van der Waals surface area contributed by atoms with Crippen molar-refractivity contribution in [3.05, 3.63) is 95.3 Å². The topological polar surface area (TPSA) is 100 Å². The fourth-order valence-electron chi connectivity index (χ4n) is 3.57. The monoisotopic (exact) mass is 497 g/mol. The smallest absolute Gasteiger partial charge is 0.283 e. The van der Waals surface area contributed by atoms with E-state index in [-0.39, 0.29) is 11.4 Å². The number of carbonyl (C=O) groups excluding carboxylic acids is 1. The van der Waals surface area contributed by atoms with E-state index in [1.165, 1.54) is 16.8 Å². The van der Waals surface area contributed by atoms with E-state index in [2.05, 4.69) is 15.1 Å². The molecule has 1 aromatic heterocycles. The first-order chi connectivity index (χ1) is 17.6. The number of hydrazone groups is 1. The average Bonchev–Trinajstić information content (AvgIpc) is 3.32. The van der Waals surface area contributed by atoms with Gasteiger partial charge in [0.25, 0.3) is 5.91 Å². The van der Waals surface area contributed by atoms with Crippen LogP contribution in [0.1, 0.15) is 23.1 Å². The van der Waals surface area contributed by atoms with Gasteiger partial charge < -0.3 is 9.47 Å². The molecule has 0 saturated heterocycles. The van der Waals surface area contributed by atoms with Crippen LogP contribution in [-0.2, 0) is 4.79 Å². The highest BCUT2D eigenvalue weighted by Crippen LogP contribution is 2.30. The zero-order valence-electron chi connectivity index (χ0n) is 19.5. The van der Waals surface area contributed by atoms with Crippen LogP contribution in [0.2, 0.25) is 0 Å². The second-order valence-corrected chi connectivity index (χ2v) is 9.06. The first kappa shape index (κ1) is 23.5. The molecule has 0 fully saturated rings. The predicted octanol–water partition coefficient (Wildman–Crippen LogP) is 4.91. The van der Waals surface area contributed by atoms with E-state index in [1.54, 1.807) is 18.5 Å². The van der Waals surface area contributed by atoms with Crippen molar-refractivity contribution in [2.24, 2.45) is 10.1 Å². The van der Waals surface area contributed by atoms with E-state index < -0.39 is 5.91 Å². The third-order valence-electron chi connectivity index (χ3n) is 5.37. The summed E-state index contributed by atoms with van der Waals surface area (Å²) in [5.74, 6) is 1.11. The van der Waals surface area contributed by atoms with Gasteiger partial charge in [-0.05, 0) is 72.3 Å². The average molecular weight is 498 g/mol. The van der Waals surface area contributed by atoms with E-state index >= 15 is 0 Å². The molecule has 0 spiro atoms. The van der Waals surface area contributed by atoms with Gasteiger partial charge in [0, 0.05) is 24.4 Å². The molecule has 5 rings (SSSR count). The standard InChI is InChI=1S/C27H23N5O3S/c1-18-5-2-7-22(15-18)35-14-4-13-34-21-10-8-19(9-11-21)16-23-24(28)32-27(30-25(23)33)36-26(31-32)20-6-3-12-29-17-20/h2-3,5-12,15-17,28H,4,13-14H2,1H3/b23-16+,28-24?. The molecule has 1 N–H and O–H groups in total. The van der Waals surface area contributed by atoms with Crippen LogP contribution < -0.4 is 9.47 Å². The minimum Gasteiger partial charge on any atom is -0.493 e. The second kappa shape index (κ2) is 10.6. The van der Waals surface area contributed by atoms with Crippen LogP contribution in [0.15, 0.2) is 88.7 Å². The number of pyridine rings is 1. The molecule has 2 aliphatic rings. The maximum atomic E-state index is 12.6. The van der Waals surface area contributed by atoms with Crippen LogP contribution in [0, 0.1) is 12.3 Å². The van der Waals surface area contributed by atoms with Gasteiger partial charge in [-0.15, -0.1) is 0 Å². The number of aryl methyl sites for hydroxylation is 1. The number of hydrogen-bond acceptors (Lipinski definition) is 7. The van der Waals surface area contributed by atoms with E-state index in [1.807, 2.05) is 67.6 Å². The highest BCUT2D eigenvalue weighted by Gasteiger charge is 2.36. The molecule has 3 aromatic rings. The summed E-state index contributed by atoms with van der Waals surface area (Å²) in [7, 11) is 0. The number of hydrogen-bond donors (Lipinski definition) is 1. The van der Waals surface area contributed by atoms with Gasteiger partial charge in [0.2, 0.25) is 5.17 Å². The number of benzene rings is 2. The highest BCUT2D eigenvalue weighted by molar-refractivity contribution is 8.27. The molecule has 2 aromatic carbocycles. The Balaban J connectivity index is 1.18. The molecule has 1 amide bonds. The number of amides is 1. The molecule has 0 atom stereocenters. The first-order valence-corrected chi connectivity index (χ1v) is 12.2. The Bertz CT molecular complexity index is 1380. The number of carbonyl (C=O) groups is 1. The SMILES string of the molecule is Cc1cccc(OCCCOc2ccc(/C=C3\C(=N)N4N=C(c5cccnc5)SC4=NC3=O)cc2)c1. The third-order valence-corrected chi connectivity index (χ3v) is 6.33. The van der Waals surface area contributed by atoms with Crippen LogP contribution in [0.5, 0.6) is 11.5 Å². The lowest BCUT2D eigenvalue weighted by Crippen LogP contribution is -2.35. The molecule has 0 saturated carbocycles. The lowest BCUT2D eigenvalue weighted by molar-refractivity contribution is -0.114. The maximum Gasteiger partial charge on any atom is 0.283 e. The molecule has 36 heavy (non-hydrogen) atoms. The highest BCUT2D eigenvalue weighted by atomic mass is 32.2. The van der Waals surface area contributed by atoms with Crippen molar-refractivity contribution < 1.29 is 14.3 Å². The Kier molecular flexibility index (Phi) is 6.90. The number of fused-ring (bicyclic) bond motifs is 1. The molecular weight excluding hydrogens is 474 g/mol. The van der Waals surface area contributed by atoms with Crippen molar-refractivity contribution in [1.29, 1.82) is 5.41 Å². The quantitative estimate of drug-likeness (QED) is 0.351. The van der Waals surface area contributed by atoms with Gasteiger partial charge in [-0.25, -0.2) is 0 Å². The Hall–Kier alpha value is -4.24.